The number of hydrogen-bond donors (Lipinski definition) is 1. The van der Waals surface area contributed by atoms with Crippen LogP contribution in [0.5, 0.6) is 5.75 Å². The van der Waals surface area contributed by atoms with E-state index in [4.69, 9.17) is 21.4 Å². The Morgan fingerprint density at radius 3 is 2.75 bits per heavy atom. The fraction of sp³-hybridized carbons (Fsp3) is 0.267. The van der Waals surface area contributed by atoms with Gasteiger partial charge >= 0.3 is 5.97 Å². The van der Waals surface area contributed by atoms with Crippen LogP contribution in [0.15, 0.2) is 23.8 Å². The van der Waals surface area contributed by atoms with Gasteiger partial charge in [-0.2, -0.15) is 0 Å². The molecule has 1 aromatic heterocycles. The van der Waals surface area contributed by atoms with Crippen LogP contribution in [0.4, 0.5) is 0 Å². The van der Waals surface area contributed by atoms with Crippen molar-refractivity contribution < 1.29 is 14.6 Å². The van der Waals surface area contributed by atoms with Gasteiger partial charge in [-0.3, -0.25) is 0 Å². The van der Waals surface area contributed by atoms with E-state index < -0.39 is 5.97 Å². The number of carboxylic acids is 1. The van der Waals surface area contributed by atoms with Gasteiger partial charge in [0.25, 0.3) is 0 Å². The summed E-state index contributed by atoms with van der Waals surface area (Å²) in [6, 6.07) is 5.64. The molecule has 106 valence electrons. The number of para-hydroxylation sites is 1. The Morgan fingerprint density at radius 2 is 2.20 bits per heavy atom. The third-order valence-corrected chi connectivity index (χ3v) is 3.66. The van der Waals surface area contributed by atoms with Gasteiger partial charge in [-0.05, 0) is 26.0 Å². The second kappa shape index (κ2) is 5.59. The standard InChI is InChI=1S/C15H16ClNO3/c1-4-17-13-10(6-5-7-12(13)20-3)11(14(17)16)8-9(2)15(18)19/h5-8H,4H2,1-3H3,(H,18,19)/b9-8+. The molecule has 0 aliphatic rings. The van der Waals surface area contributed by atoms with E-state index in [2.05, 4.69) is 0 Å². The summed E-state index contributed by atoms with van der Waals surface area (Å²) in [7, 11) is 1.60. The average Bonchev–Trinajstić information content (AvgIpc) is 2.71. The number of halogens is 1. The maximum Gasteiger partial charge on any atom is 0.331 e. The monoisotopic (exact) mass is 293 g/mol. The van der Waals surface area contributed by atoms with Gasteiger partial charge in [0.15, 0.2) is 0 Å². The molecule has 0 fully saturated rings. The first kappa shape index (κ1) is 14.5. The van der Waals surface area contributed by atoms with Crippen LogP contribution in [0.25, 0.3) is 17.0 Å². The minimum atomic E-state index is -0.957. The van der Waals surface area contributed by atoms with Crippen molar-refractivity contribution in [2.24, 2.45) is 0 Å². The molecule has 5 heteroatoms. The first-order chi connectivity index (χ1) is 9.51. The molecule has 0 saturated carbocycles. The van der Waals surface area contributed by atoms with Crippen LogP contribution >= 0.6 is 11.6 Å². The zero-order chi connectivity index (χ0) is 14.9. The van der Waals surface area contributed by atoms with Crippen molar-refractivity contribution in [1.29, 1.82) is 0 Å². The Balaban J connectivity index is 2.83. The van der Waals surface area contributed by atoms with Crippen molar-refractivity contribution in [2.45, 2.75) is 20.4 Å². The summed E-state index contributed by atoms with van der Waals surface area (Å²) in [6.07, 6.45) is 1.60. The smallest absolute Gasteiger partial charge is 0.331 e. The Morgan fingerprint density at radius 1 is 1.50 bits per heavy atom. The summed E-state index contributed by atoms with van der Waals surface area (Å²) in [6.45, 7) is 4.21. The Bertz CT molecular complexity index is 701. The van der Waals surface area contributed by atoms with Gasteiger partial charge < -0.3 is 14.4 Å². The van der Waals surface area contributed by atoms with E-state index in [-0.39, 0.29) is 5.57 Å². The van der Waals surface area contributed by atoms with Crippen LogP contribution in [-0.4, -0.2) is 22.8 Å². The minimum absolute atomic E-state index is 0.241. The molecule has 0 aliphatic heterocycles. The van der Waals surface area contributed by atoms with E-state index in [0.717, 1.165) is 16.7 Å². The fourth-order valence-electron chi connectivity index (χ4n) is 2.25. The zero-order valence-corrected chi connectivity index (χ0v) is 12.4. The molecule has 2 aromatic rings. The first-order valence-corrected chi connectivity index (χ1v) is 6.65. The molecule has 1 aromatic carbocycles. The molecule has 0 amide bonds. The highest BCUT2D eigenvalue weighted by molar-refractivity contribution is 6.33. The first-order valence-electron chi connectivity index (χ1n) is 6.27. The van der Waals surface area contributed by atoms with Crippen LogP contribution in [0.2, 0.25) is 5.15 Å². The van der Waals surface area contributed by atoms with Crippen LogP contribution in [-0.2, 0) is 11.3 Å². The van der Waals surface area contributed by atoms with Crippen molar-refractivity contribution in [1.82, 2.24) is 4.57 Å². The lowest BCUT2D eigenvalue weighted by Crippen LogP contribution is -1.96. The average molecular weight is 294 g/mol. The van der Waals surface area contributed by atoms with Gasteiger partial charge in [-0.15, -0.1) is 0 Å². The SMILES string of the molecule is CCn1c(Cl)c(/C=C(\C)C(=O)O)c2cccc(OC)c21. The molecule has 0 radical (unpaired) electrons. The highest BCUT2D eigenvalue weighted by Crippen LogP contribution is 2.36. The molecule has 1 heterocycles. The molecular formula is C15H16ClNO3. The normalized spacial score (nSPS) is 11.9. The third kappa shape index (κ3) is 2.27. The van der Waals surface area contributed by atoms with E-state index >= 15 is 0 Å². The van der Waals surface area contributed by atoms with Crippen molar-refractivity contribution >= 4 is 34.5 Å². The lowest BCUT2D eigenvalue weighted by molar-refractivity contribution is -0.132. The number of aliphatic carboxylic acids is 1. The van der Waals surface area contributed by atoms with Crippen LogP contribution in [0, 0.1) is 0 Å². The second-order valence-corrected chi connectivity index (χ2v) is 4.80. The van der Waals surface area contributed by atoms with E-state index in [0.29, 0.717) is 17.3 Å². The van der Waals surface area contributed by atoms with Crippen LogP contribution < -0.4 is 4.74 Å². The Kier molecular flexibility index (Phi) is 4.04. The number of fused-ring (bicyclic) bond motifs is 1. The van der Waals surface area contributed by atoms with Gasteiger partial charge in [0.1, 0.15) is 10.9 Å². The molecule has 4 nitrogen and oxygen atoms in total. The summed E-state index contributed by atoms with van der Waals surface area (Å²) >= 11 is 6.40. The van der Waals surface area contributed by atoms with Crippen LogP contribution in [0.1, 0.15) is 19.4 Å². The third-order valence-electron chi connectivity index (χ3n) is 3.25. The number of benzene rings is 1. The second-order valence-electron chi connectivity index (χ2n) is 4.44. The van der Waals surface area contributed by atoms with Crippen molar-refractivity contribution in [3.63, 3.8) is 0 Å². The molecule has 1 N–H and O–H groups in total. The number of nitrogens with zero attached hydrogens (tertiary/aromatic N) is 1. The largest absolute Gasteiger partial charge is 0.495 e. The predicted octanol–water partition coefficient (Wildman–Crippen LogP) is 3.81. The number of methoxy groups -OCH3 is 1. The maximum absolute atomic E-state index is 11.0. The van der Waals surface area contributed by atoms with E-state index in [1.807, 2.05) is 29.7 Å². The zero-order valence-electron chi connectivity index (χ0n) is 11.6. The van der Waals surface area contributed by atoms with Crippen molar-refractivity contribution in [2.75, 3.05) is 7.11 Å². The molecule has 2 rings (SSSR count). The van der Waals surface area contributed by atoms with Crippen molar-refractivity contribution in [3.8, 4) is 5.75 Å². The molecule has 0 aliphatic carbocycles. The van der Waals surface area contributed by atoms with Crippen LogP contribution in [0.3, 0.4) is 0 Å². The topological polar surface area (TPSA) is 51.5 Å². The Labute approximate surface area is 122 Å². The van der Waals surface area contributed by atoms with E-state index in [9.17, 15) is 4.79 Å². The number of hydrogen-bond acceptors (Lipinski definition) is 2. The van der Waals surface area contributed by atoms with Gasteiger partial charge in [-0.25, -0.2) is 4.79 Å². The van der Waals surface area contributed by atoms with Gasteiger partial charge in [0, 0.05) is 23.1 Å². The molecule has 0 saturated heterocycles. The highest BCUT2D eigenvalue weighted by Gasteiger charge is 2.17. The number of carboxylic acid groups (broad SMARTS) is 1. The number of rotatable bonds is 4. The lowest BCUT2D eigenvalue weighted by Gasteiger charge is -2.06. The Hall–Kier alpha value is -1.94. The molecule has 0 spiro atoms. The number of aryl methyl sites for hydroxylation is 1. The predicted molar refractivity (Wildman–Crippen MR) is 80.5 cm³/mol. The molecule has 0 unspecified atom stereocenters. The summed E-state index contributed by atoms with van der Waals surface area (Å²) in [5.74, 6) is -0.236. The minimum Gasteiger partial charge on any atom is -0.495 e. The number of carbonyl (C=O) groups is 1. The van der Waals surface area contributed by atoms with E-state index in [1.165, 1.54) is 0 Å². The van der Waals surface area contributed by atoms with Crippen molar-refractivity contribution in [3.05, 3.63) is 34.5 Å². The van der Waals surface area contributed by atoms with Gasteiger partial charge in [0.05, 0.1) is 12.6 Å². The summed E-state index contributed by atoms with van der Waals surface area (Å²) < 4.78 is 7.29. The maximum atomic E-state index is 11.0. The van der Waals surface area contributed by atoms with Gasteiger partial charge in [0.2, 0.25) is 0 Å². The highest BCUT2D eigenvalue weighted by atomic mass is 35.5. The molecule has 0 bridgehead atoms. The lowest BCUT2D eigenvalue weighted by atomic mass is 10.1. The molecular weight excluding hydrogens is 278 g/mol. The number of ether oxygens (including phenoxy) is 1. The molecule has 0 atom stereocenters. The molecule has 20 heavy (non-hydrogen) atoms. The van der Waals surface area contributed by atoms with Gasteiger partial charge in [-0.1, -0.05) is 23.7 Å². The summed E-state index contributed by atoms with van der Waals surface area (Å²) in [5.41, 5.74) is 1.83. The summed E-state index contributed by atoms with van der Waals surface area (Å²) in [4.78, 5) is 11.0. The summed E-state index contributed by atoms with van der Waals surface area (Å²) in [5, 5.41) is 10.4. The number of aromatic nitrogens is 1. The van der Waals surface area contributed by atoms with E-state index in [1.54, 1.807) is 20.1 Å². The fourth-order valence-corrected chi connectivity index (χ4v) is 2.61. The quantitative estimate of drug-likeness (QED) is 0.872.